The second-order valence-electron chi connectivity index (χ2n) is 7.62. The van der Waals surface area contributed by atoms with Crippen LogP contribution in [0, 0.1) is 0 Å². The number of methoxy groups -OCH3 is 1. The van der Waals surface area contributed by atoms with Crippen LogP contribution in [0.5, 0.6) is 5.75 Å². The van der Waals surface area contributed by atoms with Gasteiger partial charge in [0, 0.05) is 30.9 Å². The first-order valence-corrected chi connectivity index (χ1v) is 11.7. The molecule has 1 aromatic carbocycles. The number of benzene rings is 1. The fourth-order valence-electron chi connectivity index (χ4n) is 4.20. The summed E-state index contributed by atoms with van der Waals surface area (Å²) in [4.78, 5) is 10.6. The zero-order chi connectivity index (χ0) is 22.1. The van der Waals surface area contributed by atoms with Gasteiger partial charge < -0.3 is 15.4 Å². The Kier molecular flexibility index (Phi) is 5.53. The number of anilines is 2. The maximum Gasteiger partial charge on any atom is 0.183 e. The number of aromatic nitrogens is 4. The van der Waals surface area contributed by atoms with Gasteiger partial charge in [-0.05, 0) is 50.5 Å². The van der Waals surface area contributed by atoms with Crippen LogP contribution in [0.15, 0.2) is 42.6 Å². The maximum atomic E-state index is 5.69. The van der Waals surface area contributed by atoms with Crippen molar-refractivity contribution in [2.24, 2.45) is 0 Å². The lowest BCUT2D eigenvalue weighted by Gasteiger charge is -2.11. The molecule has 3 aromatic heterocycles. The Morgan fingerprint density at radius 1 is 1.16 bits per heavy atom. The van der Waals surface area contributed by atoms with Gasteiger partial charge >= 0.3 is 0 Å². The molecule has 0 saturated heterocycles. The number of hydrogen-bond donors (Lipinski definition) is 2. The van der Waals surface area contributed by atoms with Crippen molar-refractivity contribution in [1.82, 2.24) is 19.7 Å². The molecular weight excluding hydrogens is 420 g/mol. The summed E-state index contributed by atoms with van der Waals surface area (Å²) in [6.45, 7) is 2.91. The molecule has 2 N–H and O–H groups in total. The minimum Gasteiger partial charge on any atom is -0.494 e. The third kappa shape index (κ3) is 3.50. The highest BCUT2D eigenvalue weighted by molar-refractivity contribution is 7.19. The van der Waals surface area contributed by atoms with Gasteiger partial charge in [-0.2, -0.15) is 5.10 Å². The molecule has 0 unspecified atom stereocenters. The number of para-hydroxylation sites is 2. The smallest absolute Gasteiger partial charge is 0.183 e. The van der Waals surface area contributed by atoms with Gasteiger partial charge in [-0.15, -0.1) is 0 Å². The summed E-state index contributed by atoms with van der Waals surface area (Å²) in [6.07, 6.45) is 4.82. The number of thiazole rings is 1. The molecule has 1 aliphatic rings. The lowest BCUT2D eigenvalue weighted by atomic mass is 10.0. The maximum absolute atomic E-state index is 5.69. The van der Waals surface area contributed by atoms with Crippen molar-refractivity contribution in [3.63, 3.8) is 0 Å². The normalized spacial score (nSPS) is 12.6. The van der Waals surface area contributed by atoms with Crippen molar-refractivity contribution < 1.29 is 4.74 Å². The zero-order valence-electron chi connectivity index (χ0n) is 18.5. The predicted molar refractivity (Wildman–Crippen MR) is 130 cm³/mol. The van der Waals surface area contributed by atoms with Crippen LogP contribution in [0.25, 0.3) is 27.5 Å². The molecule has 4 aromatic rings. The molecule has 0 amide bonds. The molecule has 0 radical (unpaired) electrons. The number of rotatable bonds is 6. The van der Waals surface area contributed by atoms with Crippen LogP contribution in [-0.2, 0) is 12.8 Å². The van der Waals surface area contributed by atoms with Crippen LogP contribution in [0.4, 0.5) is 10.9 Å². The van der Waals surface area contributed by atoms with E-state index in [9.17, 15) is 0 Å². The quantitative estimate of drug-likeness (QED) is 0.433. The van der Waals surface area contributed by atoms with Crippen LogP contribution < -0.4 is 15.4 Å². The Bertz CT molecular complexity index is 1240. The molecule has 1 aliphatic carbocycles. The Labute approximate surface area is 191 Å². The fourth-order valence-corrected chi connectivity index (χ4v) is 5.22. The Hall–Kier alpha value is -3.39. The van der Waals surface area contributed by atoms with Crippen molar-refractivity contribution in [2.75, 3.05) is 31.3 Å². The zero-order valence-corrected chi connectivity index (χ0v) is 19.3. The largest absolute Gasteiger partial charge is 0.494 e. The van der Waals surface area contributed by atoms with Crippen LogP contribution in [0.1, 0.15) is 24.6 Å². The highest BCUT2D eigenvalue weighted by atomic mass is 32.1. The summed E-state index contributed by atoms with van der Waals surface area (Å²) in [7, 11) is 3.61. The number of aryl methyl sites for hydroxylation is 1. The lowest BCUT2D eigenvalue weighted by molar-refractivity contribution is 0.412. The van der Waals surface area contributed by atoms with Gasteiger partial charge in [0.15, 0.2) is 5.13 Å². The van der Waals surface area contributed by atoms with Crippen molar-refractivity contribution in [1.29, 1.82) is 0 Å². The molecule has 8 heteroatoms. The molecule has 0 fully saturated rings. The van der Waals surface area contributed by atoms with E-state index in [0.29, 0.717) is 0 Å². The Balaban J connectivity index is 1.76. The number of pyridine rings is 1. The number of fused-ring (bicyclic) bond motifs is 3. The summed E-state index contributed by atoms with van der Waals surface area (Å²) in [5.74, 6) is 1.66. The molecule has 164 valence electrons. The first kappa shape index (κ1) is 20.5. The first-order chi connectivity index (χ1) is 15.7. The second kappa shape index (κ2) is 8.63. The molecule has 0 saturated carbocycles. The number of nitrogens with zero attached hydrogens (tertiary/aromatic N) is 4. The average Bonchev–Trinajstić information content (AvgIpc) is 3.36. The summed E-state index contributed by atoms with van der Waals surface area (Å²) in [5.41, 5.74) is 6.36. The third-order valence-corrected chi connectivity index (χ3v) is 6.78. The van der Waals surface area contributed by atoms with Gasteiger partial charge in [0.2, 0.25) is 0 Å². The van der Waals surface area contributed by atoms with Crippen LogP contribution in [0.2, 0.25) is 0 Å². The van der Waals surface area contributed by atoms with Gasteiger partial charge in [-0.3, -0.25) is 0 Å². The third-order valence-electron chi connectivity index (χ3n) is 5.66. The Morgan fingerprint density at radius 2 is 2.03 bits per heavy atom. The highest BCUT2D eigenvalue weighted by Gasteiger charge is 2.29. The molecule has 0 spiro atoms. The minimum absolute atomic E-state index is 0.786. The van der Waals surface area contributed by atoms with E-state index in [-0.39, 0.29) is 0 Å². The SMILES string of the molecule is CCNc1ccc(-c2nn(-c3ccccc3OC)c3c2CCCc2nc(NC)sc2-3)cn1. The molecular formula is C24H26N6OS. The van der Waals surface area contributed by atoms with Crippen LogP contribution in [0.3, 0.4) is 0 Å². The van der Waals surface area contributed by atoms with E-state index < -0.39 is 0 Å². The summed E-state index contributed by atoms with van der Waals surface area (Å²) in [6, 6.07) is 12.1. The van der Waals surface area contributed by atoms with Crippen molar-refractivity contribution in [3.05, 3.63) is 53.9 Å². The number of nitrogens with one attached hydrogen (secondary N) is 2. The van der Waals surface area contributed by atoms with Gasteiger partial charge in [-0.25, -0.2) is 14.6 Å². The van der Waals surface area contributed by atoms with E-state index in [1.165, 1.54) is 10.4 Å². The Morgan fingerprint density at radius 3 is 2.78 bits per heavy atom. The number of hydrogen-bond acceptors (Lipinski definition) is 7. The molecule has 5 rings (SSSR count). The van der Waals surface area contributed by atoms with E-state index in [4.69, 9.17) is 14.8 Å². The summed E-state index contributed by atoms with van der Waals surface area (Å²) < 4.78 is 7.72. The fraction of sp³-hybridized carbons (Fsp3) is 0.292. The molecule has 32 heavy (non-hydrogen) atoms. The monoisotopic (exact) mass is 446 g/mol. The molecule has 0 aliphatic heterocycles. The molecule has 0 bridgehead atoms. The van der Waals surface area contributed by atoms with E-state index in [0.717, 1.165) is 70.8 Å². The topological polar surface area (TPSA) is 76.9 Å². The second-order valence-corrected chi connectivity index (χ2v) is 8.62. The molecule has 0 atom stereocenters. The van der Waals surface area contributed by atoms with Crippen molar-refractivity contribution in [3.8, 4) is 33.3 Å². The van der Waals surface area contributed by atoms with Crippen molar-refractivity contribution >= 4 is 22.3 Å². The summed E-state index contributed by atoms with van der Waals surface area (Å²) >= 11 is 1.68. The van der Waals surface area contributed by atoms with E-state index in [1.54, 1.807) is 18.4 Å². The van der Waals surface area contributed by atoms with Gasteiger partial charge in [-0.1, -0.05) is 23.5 Å². The van der Waals surface area contributed by atoms with Gasteiger partial charge in [0.1, 0.15) is 17.3 Å². The average molecular weight is 447 g/mol. The standard InChI is InChI=1S/C24H26N6OS/c1-4-26-20-13-12-15(14-27-20)21-16-8-7-9-17-23(32-24(25-2)28-17)22(16)30(29-21)18-10-5-6-11-19(18)31-3/h5-6,10-14H,4,7-9H2,1-3H3,(H,25,28)(H,26,27). The van der Waals surface area contributed by atoms with E-state index in [2.05, 4.69) is 28.6 Å². The molecule has 3 heterocycles. The van der Waals surface area contributed by atoms with Gasteiger partial charge in [0.25, 0.3) is 0 Å². The summed E-state index contributed by atoms with van der Waals surface area (Å²) in [5, 5.41) is 12.5. The lowest BCUT2D eigenvalue weighted by Crippen LogP contribution is -2.02. The van der Waals surface area contributed by atoms with E-state index >= 15 is 0 Å². The predicted octanol–water partition coefficient (Wildman–Crippen LogP) is 5.03. The number of ether oxygens (including phenoxy) is 1. The highest BCUT2D eigenvalue weighted by Crippen LogP contribution is 2.44. The van der Waals surface area contributed by atoms with Crippen molar-refractivity contribution in [2.45, 2.75) is 26.2 Å². The van der Waals surface area contributed by atoms with E-state index in [1.807, 2.05) is 48.3 Å². The first-order valence-electron chi connectivity index (χ1n) is 10.9. The van der Waals surface area contributed by atoms with Crippen LogP contribution >= 0.6 is 11.3 Å². The minimum atomic E-state index is 0.786. The van der Waals surface area contributed by atoms with Crippen LogP contribution in [-0.4, -0.2) is 40.5 Å². The molecule has 7 nitrogen and oxygen atoms in total. The van der Waals surface area contributed by atoms with Gasteiger partial charge in [0.05, 0.1) is 29.1 Å².